The van der Waals surface area contributed by atoms with Crippen LogP contribution in [-0.2, 0) is 0 Å². The largest absolute Gasteiger partial charge is 0.631 e. The van der Waals surface area contributed by atoms with Crippen molar-refractivity contribution in [3.05, 3.63) is 0 Å². The van der Waals surface area contributed by atoms with Gasteiger partial charge in [-0.15, -0.1) is 0 Å². The first-order valence-corrected chi connectivity index (χ1v) is 4.25. The second kappa shape index (κ2) is 5.83. The molecular weight excluding hydrogens is 232 g/mol. The van der Waals surface area contributed by atoms with Crippen LogP contribution in [-0.4, -0.2) is 50.0 Å². The number of hydrogen-bond donors (Lipinski definition) is 5. The Kier molecular flexibility index (Phi) is 6.57. The minimum Gasteiger partial charge on any atom is -0.402 e. The Balaban J connectivity index is 0. The van der Waals surface area contributed by atoms with Gasteiger partial charge in [0.2, 0.25) is 0 Å². The Morgan fingerprint density at radius 2 is 1.19 bits per heavy atom. The molecule has 0 saturated carbocycles. The summed E-state index contributed by atoms with van der Waals surface area (Å²) in [6, 6.07) is 0. The molecule has 0 radical (unpaired) electrons. The monoisotopic (exact) mass is 248 g/mol. The van der Waals surface area contributed by atoms with Crippen LogP contribution in [0.4, 0.5) is 13.2 Å². The SMILES string of the molecule is CC(C)(O)C(C)(O)CC(F)(F)F.OB(O)O. The Bertz CT molecular complexity index is 196. The molecule has 0 spiro atoms. The van der Waals surface area contributed by atoms with Crippen LogP contribution in [0.2, 0.25) is 0 Å². The molecule has 0 aromatic carbocycles. The summed E-state index contributed by atoms with van der Waals surface area (Å²) in [6.45, 7) is 3.23. The van der Waals surface area contributed by atoms with Gasteiger partial charge in [-0.3, -0.25) is 0 Å². The Morgan fingerprint density at radius 3 is 1.25 bits per heavy atom. The predicted octanol–water partition coefficient (Wildman–Crippen LogP) is -0.591. The van der Waals surface area contributed by atoms with E-state index in [0.29, 0.717) is 0 Å². The topological polar surface area (TPSA) is 101 Å². The molecule has 0 fully saturated rings. The molecule has 0 aromatic heterocycles. The van der Waals surface area contributed by atoms with Gasteiger partial charge in [0.1, 0.15) is 0 Å². The molecule has 0 aliphatic rings. The fourth-order valence-electron chi connectivity index (χ4n) is 0.607. The number of alkyl halides is 3. The third kappa shape index (κ3) is 10.2. The van der Waals surface area contributed by atoms with Crippen LogP contribution in [0.5, 0.6) is 0 Å². The average molecular weight is 248 g/mol. The van der Waals surface area contributed by atoms with Crippen molar-refractivity contribution >= 4 is 7.32 Å². The smallest absolute Gasteiger partial charge is 0.402 e. The van der Waals surface area contributed by atoms with E-state index in [1.165, 1.54) is 0 Å². The maximum absolute atomic E-state index is 11.8. The fourth-order valence-corrected chi connectivity index (χ4v) is 0.607. The van der Waals surface area contributed by atoms with E-state index in [9.17, 15) is 18.3 Å². The van der Waals surface area contributed by atoms with Crippen molar-refractivity contribution in [2.24, 2.45) is 0 Å². The van der Waals surface area contributed by atoms with Gasteiger partial charge >= 0.3 is 13.5 Å². The number of aliphatic hydroxyl groups is 2. The van der Waals surface area contributed by atoms with Gasteiger partial charge in [0.25, 0.3) is 0 Å². The lowest BCUT2D eigenvalue weighted by Gasteiger charge is -2.35. The van der Waals surface area contributed by atoms with E-state index in [1.54, 1.807) is 0 Å². The van der Waals surface area contributed by atoms with Gasteiger partial charge in [-0.25, -0.2) is 0 Å². The summed E-state index contributed by atoms with van der Waals surface area (Å²) < 4.78 is 35.4. The first-order valence-electron chi connectivity index (χ1n) is 4.25. The molecule has 9 heteroatoms. The molecule has 0 saturated heterocycles. The van der Waals surface area contributed by atoms with Gasteiger partial charge < -0.3 is 25.3 Å². The highest BCUT2D eigenvalue weighted by atomic mass is 19.4. The van der Waals surface area contributed by atoms with Crippen molar-refractivity contribution in [3.8, 4) is 0 Å². The zero-order valence-electron chi connectivity index (χ0n) is 9.15. The standard InChI is InChI=1S/C7H13F3O2.BH3O3/c1-5(2,11)6(3,12)4-7(8,9)10;2-1(3)4/h11-12H,4H2,1-3H3;2-4H. The van der Waals surface area contributed by atoms with Crippen molar-refractivity contribution in [2.75, 3.05) is 0 Å². The molecule has 16 heavy (non-hydrogen) atoms. The van der Waals surface area contributed by atoms with Gasteiger partial charge in [-0.05, 0) is 20.8 Å². The predicted molar refractivity (Wildman–Crippen MR) is 50.0 cm³/mol. The molecule has 0 heterocycles. The van der Waals surface area contributed by atoms with Gasteiger partial charge in [0, 0.05) is 0 Å². The molecule has 0 amide bonds. The van der Waals surface area contributed by atoms with Crippen LogP contribution in [0, 0.1) is 0 Å². The van der Waals surface area contributed by atoms with E-state index < -0.39 is 31.1 Å². The maximum atomic E-state index is 11.8. The highest BCUT2D eigenvalue weighted by Gasteiger charge is 2.46. The van der Waals surface area contributed by atoms with Gasteiger partial charge in [-0.2, -0.15) is 13.2 Å². The zero-order chi connectivity index (χ0) is 13.8. The summed E-state index contributed by atoms with van der Waals surface area (Å²) in [6.07, 6.45) is -5.88. The van der Waals surface area contributed by atoms with Crippen molar-refractivity contribution in [3.63, 3.8) is 0 Å². The summed E-state index contributed by atoms with van der Waals surface area (Å²) in [7, 11) is -2.17. The summed E-state index contributed by atoms with van der Waals surface area (Å²) in [5, 5.41) is 39.9. The Labute approximate surface area is 91.3 Å². The minimum atomic E-state index is -4.47. The molecule has 1 atom stereocenters. The second-order valence-corrected chi connectivity index (χ2v) is 3.97. The Hall–Kier alpha value is -0.345. The van der Waals surface area contributed by atoms with Crippen molar-refractivity contribution in [1.82, 2.24) is 0 Å². The summed E-state index contributed by atoms with van der Waals surface area (Å²) in [5.41, 5.74) is -3.91. The van der Waals surface area contributed by atoms with Gasteiger partial charge in [0.05, 0.1) is 17.6 Å². The van der Waals surface area contributed by atoms with Gasteiger partial charge in [0.15, 0.2) is 0 Å². The third-order valence-electron chi connectivity index (χ3n) is 1.86. The summed E-state index contributed by atoms with van der Waals surface area (Å²) in [4.78, 5) is 0. The third-order valence-corrected chi connectivity index (χ3v) is 1.86. The molecule has 98 valence electrons. The second-order valence-electron chi connectivity index (χ2n) is 3.97. The van der Waals surface area contributed by atoms with E-state index >= 15 is 0 Å². The van der Waals surface area contributed by atoms with E-state index in [-0.39, 0.29) is 0 Å². The van der Waals surface area contributed by atoms with Crippen LogP contribution < -0.4 is 0 Å². The summed E-state index contributed by atoms with van der Waals surface area (Å²) >= 11 is 0. The molecule has 0 aliphatic carbocycles. The number of hydrogen-bond acceptors (Lipinski definition) is 5. The maximum Gasteiger partial charge on any atom is 0.631 e. The molecule has 0 bridgehead atoms. The van der Waals surface area contributed by atoms with Crippen LogP contribution in [0.3, 0.4) is 0 Å². The zero-order valence-corrected chi connectivity index (χ0v) is 9.15. The van der Waals surface area contributed by atoms with E-state index in [4.69, 9.17) is 20.2 Å². The molecular formula is C7H16BF3O5. The molecule has 5 nitrogen and oxygen atoms in total. The lowest BCUT2D eigenvalue weighted by atomic mass is 9.85. The van der Waals surface area contributed by atoms with Crippen molar-refractivity contribution in [1.29, 1.82) is 0 Å². The normalized spacial score (nSPS) is 15.9. The van der Waals surface area contributed by atoms with E-state index in [1.807, 2.05) is 0 Å². The molecule has 1 unspecified atom stereocenters. The van der Waals surface area contributed by atoms with E-state index in [2.05, 4.69) is 0 Å². The lowest BCUT2D eigenvalue weighted by Crippen LogP contribution is -2.50. The fraction of sp³-hybridized carbons (Fsp3) is 1.00. The van der Waals surface area contributed by atoms with Crippen LogP contribution in [0.1, 0.15) is 27.2 Å². The van der Waals surface area contributed by atoms with Crippen LogP contribution in [0.15, 0.2) is 0 Å². The highest BCUT2D eigenvalue weighted by Crippen LogP contribution is 2.33. The summed E-state index contributed by atoms with van der Waals surface area (Å²) in [5.74, 6) is 0. The van der Waals surface area contributed by atoms with Crippen molar-refractivity contribution in [2.45, 2.75) is 44.6 Å². The Morgan fingerprint density at radius 1 is 0.938 bits per heavy atom. The quantitative estimate of drug-likeness (QED) is 0.420. The highest BCUT2D eigenvalue weighted by molar-refractivity contribution is 6.30. The lowest BCUT2D eigenvalue weighted by molar-refractivity contribution is -0.212. The van der Waals surface area contributed by atoms with Crippen LogP contribution >= 0.6 is 0 Å². The molecule has 0 rings (SSSR count). The molecule has 0 aromatic rings. The number of rotatable bonds is 2. The average Bonchev–Trinajstić information content (AvgIpc) is 1.74. The van der Waals surface area contributed by atoms with Crippen molar-refractivity contribution < 1.29 is 38.5 Å². The molecule has 0 aliphatic heterocycles. The van der Waals surface area contributed by atoms with Gasteiger partial charge in [-0.1, -0.05) is 0 Å². The van der Waals surface area contributed by atoms with Crippen LogP contribution in [0.25, 0.3) is 0 Å². The number of halogens is 3. The minimum absolute atomic E-state index is 0.959. The molecule has 5 N–H and O–H groups in total. The first kappa shape index (κ1) is 18.0. The van der Waals surface area contributed by atoms with E-state index in [0.717, 1.165) is 20.8 Å². The first-order chi connectivity index (χ1) is 6.69.